The van der Waals surface area contributed by atoms with Crippen molar-refractivity contribution in [2.24, 2.45) is 5.41 Å². The highest BCUT2D eigenvalue weighted by atomic mass is 16.5. The van der Waals surface area contributed by atoms with Gasteiger partial charge in [0.15, 0.2) is 0 Å². The SMILES string of the molecule is C[C@H]1CC[C@@]2(O)C(C)(C)CC(=O)C[C@@]2(C)O1. The molecule has 2 aliphatic rings. The highest BCUT2D eigenvalue weighted by Gasteiger charge is 2.63. The van der Waals surface area contributed by atoms with E-state index in [0.29, 0.717) is 12.8 Å². The van der Waals surface area contributed by atoms with E-state index in [4.69, 9.17) is 4.74 Å². The molecule has 1 saturated carbocycles. The Labute approximate surface area is 97.2 Å². The van der Waals surface area contributed by atoms with Crippen LogP contribution in [0.15, 0.2) is 0 Å². The zero-order valence-electron chi connectivity index (χ0n) is 10.7. The van der Waals surface area contributed by atoms with Crippen molar-refractivity contribution in [3.63, 3.8) is 0 Å². The molecule has 0 aromatic rings. The number of Topliss-reactive ketones (excluding diaryl/α,β-unsaturated/α-hetero) is 1. The van der Waals surface area contributed by atoms with Gasteiger partial charge in [-0.2, -0.15) is 0 Å². The molecular weight excluding hydrogens is 204 g/mol. The second kappa shape index (κ2) is 3.30. The van der Waals surface area contributed by atoms with Gasteiger partial charge < -0.3 is 9.84 Å². The first kappa shape index (κ1) is 12.1. The number of fused-ring (bicyclic) bond motifs is 1. The Bertz CT molecular complexity index is 323. The minimum absolute atomic E-state index is 0.131. The number of hydrogen-bond acceptors (Lipinski definition) is 3. The maximum absolute atomic E-state index is 11.8. The summed E-state index contributed by atoms with van der Waals surface area (Å²) in [5.74, 6) is 0.200. The van der Waals surface area contributed by atoms with Crippen LogP contribution in [-0.2, 0) is 9.53 Å². The second-order valence-corrected chi connectivity index (χ2v) is 6.33. The van der Waals surface area contributed by atoms with Gasteiger partial charge in [-0.05, 0) is 26.7 Å². The van der Waals surface area contributed by atoms with Gasteiger partial charge in [-0.25, -0.2) is 0 Å². The number of aliphatic hydroxyl groups is 1. The number of ketones is 1. The molecule has 0 bridgehead atoms. The summed E-state index contributed by atoms with van der Waals surface area (Å²) < 4.78 is 5.92. The Morgan fingerprint density at radius 3 is 2.56 bits per heavy atom. The average molecular weight is 226 g/mol. The Balaban J connectivity index is 2.42. The molecule has 1 saturated heterocycles. The topological polar surface area (TPSA) is 46.5 Å². The molecule has 1 aliphatic heterocycles. The molecule has 1 N–H and O–H groups in total. The monoisotopic (exact) mass is 226 g/mol. The average Bonchev–Trinajstić information content (AvgIpc) is 2.08. The molecule has 1 heterocycles. The fourth-order valence-electron chi connectivity index (χ4n) is 3.60. The van der Waals surface area contributed by atoms with Crippen molar-refractivity contribution in [2.45, 2.75) is 70.7 Å². The van der Waals surface area contributed by atoms with E-state index in [2.05, 4.69) is 0 Å². The molecule has 0 aromatic heterocycles. The van der Waals surface area contributed by atoms with Gasteiger partial charge in [0.1, 0.15) is 11.4 Å². The minimum Gasteiger partial charge on any atom is -0.386 e. The molecule has 2 fully saturated rings. The van der Waals surface area contributed by atoms with Crippen LogP contribution in [0.2, 0.25) is 0 Å². The normalized spacial score (nSPS) is 47.6. The van der Waals surface area contributed by atoms with Gasteiger partial charge in [-0.1, -0.05) is 13.8 Å². The van der Waals surface area contributed by atoms with Crippen molar-refractivity contribution in [3.8, 4) is 0 Å². The number of hydrogen-bond donors (Lipinski definition) is 1. The number of carbonyl (C=O) groups is 1. The summed E-state index contributed by atoms with van der Waals surface area (Å²) in [5, 5.41) is 10.9. The van der Waals surface area contributed by atoms with Crippen LogP contribution in [0.4, 0.5) is 0 Å². The van der Waals surface area contributed by atoms with E-state index in [1.807, 2.05) is 27.7 Å². The Morgan fingerprint density at radius 2 is 1.94 bits per heavy atom. The van der Waals surface area contributed by atoms with Crippen molar-refractivity contribution < 1.29 is 14.6 Å². The highest BCUT2D eigenvalue weighted by Crippen LogP contribution is 2.54. The molecule has 0 radical (unpaired) electrons. The lowest BCUT2D eigenvalue weighted by atomic mass is 9.55. The van der Waals surface area contributed by atoms with E-state index < -0.39 is 16.6 Å². The lowest BCUT2D eigenvalue weighted by Gasteiger charge is -2.59. The first-order valence-electron chi connectivity index (χ1n) is 6.12. The summed E-state index contributed by atoms with van der Waals surface area (Å²) in [4.78, 5) is 11.8. The fourth-order valence-corrected chi connectivity index (χ4v) is 3.60. The third kappa shape index (κ3) is 1.45. The molecule has 16 heavy (non-hydrogen) atoms. The zero-order valence-corrected chi connectivity index (χ0v) is 10.7. The lowest BCUT2D eigenvalue weighted by molar-refractivity contribution is -0.279. The number of carbonyl (C=O) groups excluding carboxylic acids is 1. The minimum atomic E-state index is -0.875. The van der Waals surface area contributed by atoms with Crippen molar-refractivity contribution in [1.29, 1.82) is 0 Å². The predicted molar refractivity (Wildman–Crippen MR) is 61.2 cm³/mol. The van der Waals surface area contributed by atoms with E-state index in [-0.39, 0.29) is 11.9 Å². The van der Waals surface area contributed by atoms with Gasteiger partial charge in [-0.15, -0.1) is 0 Å². The van der Waals surface area contributed by atoms with Crippen molar-refractivity contribution >= 4 is 5.78 Å². The maximum Gasteiger partial charge on any atom is 0.136 e. The first-order chi connectivity index (χ1) is 7.20. The van der Waals surface area contributed by atoms with Gasteiger partial charge in [0, 0.05) is 18.3 Å². The lowest BCUT2D eigenvalue weighted by Crippen LogP contribution is -2.69. The van der Waals surface area contributed by atoms with Crippen LogP contribution >= 0.6 is 0 Å². The zero-order chi connectivity index (χ0) is 12.2. The molecule has 0 aromatic carbocycles. The van der Waals surface area contributed by atoms with Gasteiger partial charge >= 0.3 is 0 Å². The smallest absolute Gasteiger partial charge is 0.136 e. The molecule has 3 heteroatoms. The molecule has 2 rings (SSSR count). The highest BCUT2D eigenvalue weighted by molar-refractivity contribution is 5.82. The van der Waals surface area contributed by atoms with E-state index in [1.54, 1.807) is 0 Å². The molecule has 1 aliphatic carbocycles. The molecule has 0 spiro atoms. The number of ether oxygens (including phenoxy) is 1. The van der Waals surface area contributed by atoms with Crippen LogP contribution in [0.25, 0.3) is 0 Å². The summed E-state index contributed by atoms with van der Waals surface area (Å²) in [6, 6.07) is 0. The standard InChI is InChI=1S/C13H22O3/c1-9-5-6-13(15)11(2,3)7-10(14)8-12(13,4)16-9/h9,15H,5-8H2,1-4H3/t9-,12+,13+/m0/s1. The molecule has 0 unspecified atom stereocenters. The summed E-state index contributed by atoms with van der Waals surface area (Å²) in [6.45, 7) is 7.85. The Kier molecular flexibility index (Phi) is 2.48. The van der Waals surface area contributed by atoms with Crippen molar-refractivity contribution in [3.05, 3.63) is 0 Å². The fraction of sp³-hybridized carbons (Fsp3) is 0.923. The van der Waals surface area contributed by atoms with Crippen LogP contribution in [0.3, 0.4) is 0 Å². The van der Waals surface area contributed by atoms with Crippen molar-refractivity contribution in [1.82, 2.24) is 0 Å². The van der Waals surface area contributed by atoms with Gasteiger partial charge in [0.2, 0.25) is 0 Å². The summed E-state index contributed by atoms with van der Waals surface area (Å²) >= 11 is 0. The van der Waals surface area contributed by atoms with E-state index in [9.17, 15) is 9.90 Å². The maximum atomic E-state index is 11.8. The molecule has 3 atom stereocenters. The van der Waals surface area contributed by atoms with Gasteiger partial charge in [0.25, 0.3) is 0 Å². The van der Waals surface area contributed by atoms with Crippen LogP contribution < -0.4 is 0 Å². The van der Waals surface area contributed by atoms with E-state index in [0.717, 1.165) is 12.8 Å². The summed E-state index contributed by atoms with van der Waals surface area (Å²) in [6.07, 6.45) is 2.52. The molecule has 3 nitrogen and oxygen atoms in total. The predicted octanol–water partition coefficient (Wildman–Crippen LogP) is 2.06. The summed E-state index contributed by atoms with van der Waals surface area (Å²) in [5.41, 5.74) is -1.97. The Hall–Kier alpha value is -0.410. The first-order valence-corrected chi connectivity index (χ1v) is 6.12. The molecule has 92 valence electrons. The summed E-state index contributed by atoms with van der Waals surface area (Å²) in [7, 11) is 0. The second-order valence-electron chi connectivity index (χ2n) is 6.33. The quantitative estimate of drug-likeness (QED) is 0.687. The molecule has 0 amide bonds. The van der Waals surface area contributed by atoms with Crippen LogP contribution in [0.5, 0.6) is 0 Å². The third-order valence-corrected chi connectivity index (χ3v) is 4.54. The van der Waals surface area contributed by atoms with Crippen LogP contribution in [0.1, 0.15) is 53.4 Å². The van der Waals surface area contributed by atoms with Crippen LogP contribution in [0, 0.1) is 5.41 Å². The van der Waals surface area contributed by atoms with Crippen LogP contribution in [-0.4, -0.2) is 28.2 Å². The third-order valence-electron chi connectivity index (χ3n) is 4.54. The van der Waals surface area contributed by atoms with E-state index in [1.165, 1.54) is 0 Å². The van der Waals surface area contributed by atoms with Gasteiger partial charge in [0.05, 0.1) is 11.7 Å². The largest absolute Gasteiger partial charge is 0.386 e. The Morgan fingerprint density at radius 1 is 1.31 bits per heavy atom. The van der Waals surface area contributed by atoms with Gasteiger partial charge in [-0.3, -0.25) is 4.79 Å². The number of rotatable bonds is 0. The molecular formula is C13H22O3. The van der Waals surface area contributed by atoms with E-state index >= 15 is 0 Å². The van der Waals surface area contributed by atoms with Crippen molar-refractivity contribution in [2.75, 3.05) is 0 Å².